The van der Waals surface area contributed by atoms with Crippen LogP contribution in [0, 0.1) is 5.92 Å². The highest BCUT2D eigenvalue weighted by Gasteiger charge is 2.05. The van der Waals surface area contributed by atoms with Crippen LogP contribution < -0.4 is 0 Å². The normalized spacial score (nSPS) is 32.2. The van der Waals surface area contributed by atoms with E-state index in [9.17, 15) is 9.90 Å². The van der Waals surface area contributed by atoms with Gasteiger partial charge in [0.15, 0.2) is 0 Å². The first-order chi connectivity index (χ1) is 11.2. The molecule has 0 unspecified atom stereocenters. The zero-order valence-corrected chi connectivity index (χ0v) is 13.9. The summed E-state index contributed by atoms with van der Waals surface area (Å²) in [7, 11) is 0. The largest absolute Gasteiger partial charge is 0.463 e. The van der Waals surface area contributed by atoms with E-state index < -0.39 is 6.10 Å². The van der Waals surface area contributed by atoms with E-state index in [-0.39, 0.29) is 11.9 Å². The second kappa shape index (κ2) is 12.7. The van der Waals surface area contributed by atoms with Crippen LogP contribution in [-0.4, -0.2) is 23.8 Å². The third-order valence-corrected chi connectivity index (χ3v) is 3.58. The zero-order valence-electron chi connectivity index (χ0n) is 13.9. The van der Waals surface area contributed by atoms with Crippen LogP contribution in [0.25, 0.3) is 0 Å². The summed E-state index contributed by atoms with van der Waals surface area (Å²) in [6.07, 6.45) is 23.1. The highest BCUT2D eigenvalue weighted by molar-refractivity contribution is 5.82. The molecule has 1 aliphatic heterocycles. The van der Waals surface area contributed by atoms with Gasteiger partial charge < -0.3 is 9.84 Å². The number of aliphatic hydroxyl groups excluding tert-OH is 1. The number of aliphatic hydroxyl groups is 1. The summed E-state index contributed by atoms with van der Waals surface area (Å²) >= 11 is 0. The Hall–Kier alpha value is -1.87. The average molecular weight is 316 g/mol. The van der Waals surface area contributed by atoms with Crippen molar-refractivity contribution in [2.45, 2.75) is 45.1 Å². The number of carbonyl (C=O) groups excluding carboxylic acids is 1. The molecule has 0 saturated heterocycles. The minimum absolute atomic E-state index is 0.0313. The fraction of sp³-hybridized carbons (Fsp3) is 0.450. The maximum absolute atomic E-state index is 11.4. The van der Waals surface area contributed by atoms with Gasteiger partial charge >= 0.3 is 5.97 Å². The molecule has 23 heavy (non-hydrogen) atoms. The fourth-order valence-electron chi connectivity index (χ4n) is 2.08. The number of hydrogen-bond acceptors (Lipinski definition) is 3. The van der Waals surface area contributed by atoms with E-state index in [1.807, 2.05) is 43.4 Å². The van der Waals surface area contributed by atoms with Gasteiger partial charge in [-0.1, -0.05) is 74.4 Å². The van der Waals surface area contributed by atoms with Gasteiger partial charge in [0.25, 0.3) is 0 Å². The van der Waals surface area contributed by atoms with Crippen molar-refractivity contribution >= 4 is 5.97 Å². The third-order valence-electron chi connectivity index (χ3n) is 3.58. The molecule has 3 nitrogen and oxygen atoms in total. The average Bonchev–Trinajstić information content (AvgIpc) is 2.54. The Balaban J connectivity index is 2.59. The number of carbonyl (C=O) groups is 1. The maximum atomic E-state index is 11.4. The number of ether oxygens (including phenoxy) is 1. The molecule has 1 aliphatic rings. The molecule has 0 saturated carbocycles. The van der Waals surface area contributed by atoms with Gasteiger partial charge in [-0.2, -0.15) is 0 Å². The first-order valence-electron chi connectivity index (χ1n) is 8.40. The van der Waals surface area contributed by atoms with Crippen LogP contribution in [0.1, 0.15) is 39.0 Å². The van der Waals surface area contributed by atoms with Crippen LogP contribution in [0.5, 0.6) is 0 Å². The van der Waals surface area contributed by atoms with Crippen LogP contribution >= 0.6 is 0 Å². The van der Waals surface area contributed by atoms with E-state index in [2.05, 4.69) is 6.08 Å². The standard InChI is InChI=1S/C20H28O3/c1-18-14-10-7-8-12-16-20(22)23-17-13-9-5-3-2-4-6-11-15-19(18)21/h4,6-8,10-12,14-16,18-19,21H,2-3,5,9,13,17H2,1H3/b6-4+,8-7+,14-10+,15-11+,16-12+/t18-,19-/m1/s1. The van der Waals surface area contributed by atoms with Crippen molar-refractivity contribution in [3.05, 3.63) is 60.8 Å². The van der Waals surface area contributed by atoms with E-state index in [0.29, 0.717) is 6.61 Å². The lowest BCUT2D eigenvalue weighted by atomic mass is 10.0. The van der Waals surface area contributed by atoms with E-state index in [1.165, 1.54) is 6.08 Å². The summed E-state index contributed by atoms with van der Waals surface area (Å²) in [5.41, 5.74) is 0. The van der Waals surface area contributed by atoms with E-state index >= 15 is 0 Å². The van der Waals surface area contributed by atoms with Crippen molar-refractivity contribution in [3.8, 4) is 0 Å². The minimum atomic E-state index is -0.500. The predicted molar refractivity (Wildman–Crippen MR) is 94.9 cm³/mol. The molecule has 0 bridgehead atoms. The van der Waals surface area contributed by atoms with Crippen LogP contribution in [0.2, 0.25) is 0 Å². The Labute approximate surface area is 139 Å². The second-order valence-corrected chi connectivity index (χ2v) is 5.66. The quantitative estimate of drug-likeness (QED) is 0.679. The van der Waals surface area contributed by atoms with Gasteiger partial charge in [0.2, 0.25) is 0 Å². The van der Waals surface area contributed by atoms with Crippen molar-refractivity contribution in [2.75, 3.05) is 6.61 Å². The smallest absolute Gasteiger partial charge is 0.330 e. The van der Waals surface area contributed by atoms with Crippen molar-refractivity contribution in [1.29, 1.82) is 0 Å². The van der Waals surface area contributed by atoms with E-state index in [1.54, 1.807) is 12.2 Å². The first kappa shape index (κ1) is 19.2. The van der Waals surface area contributed by atoms with Crippen LogP contribution in [0.4, 0.5) is 0 Å². The van der Waals surface area contributed by atoms with E-state index in [4.69, 9.17) is 4.74 Å². The SMILES string of the molecule is C[C@@H]1/C=C/C=C/C=C/C(=O)OCCCCCC/C=C/C=C/[C@H]1O. The Morgan fingerprint density at radius 3 is 2.57 bits per heavy atom. The molecule has 2 atom stereocenters. The summed E-state index contributed by atoms with van der Waals surface area (Å²) in [6, 6.07) is 0. The number of cyclic esters (lactones) is 1. The molecule has 0 aromatic heterocycles. The Bertz CT molecular complexity index is 469. The summed E-state index contributed by atoms with van der Waals surface area (Å²) in [6.45, 7) is 2.45. The number of hydrogen-bond donors (Lipinski definition) is 1. The van der Waals surface area contributed by atoms with Gasteiger partial charge in [0.1, 0.15) is 0 Å². The monoisotopic (exact) mass is 316 g/mol. The van der Waals surface area contributed by atoms with Gasteiger partial charge in [0.05, 0.1) is 12.7 Å². The predicted octanol–water partition coefficient (Wildman–Crippen LogP) is 4.27. The Morgan fingerprint density at radius 1 is 0.957 bits per heavy atom. The van der Waals surface area contributed by atoms with Crippen molar-refractivity contribution < 1.29 is 14.6 Å². The molecule has 1 N–H and O–H groups in total. The number of allylic oxidation sites excluding steroid dienone is 7. The van der Waals surface area contributed by atoms with Crippen molar-refractivity contribution in [1.82, 2.24) is 0 Å². The number of rotatable bonds is 0. The lowest BCUT2D eigenvalue weighted by molar-refractivity contribution is -0.137. The van der Waals surface area contributed by atoms with Crippen LogP contribution in [0.15, 0.2) is 60.8 Å². The summed E-state index contributed by atoms with van der Waals surface area (Å²) in [5, 5.41) is 10.0. The molecular formula is C20H28O3. The second-order valence-electron chi connectivity index (χ2n) is 5.66. The van der Waals surface area contributed by atoms with Gasteiger partial charge in [-0.3, -0.25) is 0 Å². The highest BCUT2D eigenvalue weighted by atomic mass is 16.5. The maximum Gasteiger partial charge on any atom is 0.330 e. The topological polar surface area (TPSA) is 46.5 Å². The van der Waals surface area contributed by atoms with Gasteiger partial charge in [-0.05, 0) is 19.3 Å². The van der Waals surface area contributed by atoms with Gasteiger partial charge in [-0.25, -0.2) is 4.79 Å². The molecule has 0 radical (unpaired) electrons. The summed E-state index contributed by atoms with van der Waals surface area (Å²) in [4.78, 5) is 11.4. The molecule has 0 aromatic rings. The van der Waals surface area contributed by atoms with Crippen molar-refractivity contribution in [2.24, 2.45) is 5.92 Å². The molecule has 0 fully saturated rings. The molecule has 1 heterocycles. The molecule has 0 aromatic carbocycles. The lowest BCUT2D eigenvalue weighted by Crippen LogP contribution is -2.11. The van der Waals surface area contributed by atoms with Crippen LogP contribution in [0.3, 0.4) is 0 Å². The molecule has 3 heteroatoms. The molecular weight excluding hydrogens is 288 g/mol. The fourth-order valence-corrected chi connectivity index (χ4v) is 2.08. The molecule has 0 aliphatic carbocycles. The first-order valence-corrected chi connectivity index (χ1v) is 8.40. The van der Waals surface area contributed by atoms with Gasteiger partial charge in [0, 0.05) is 12.0 Å². The Morgan fingerprint density at radius 2 is 1.70 bits per heavy atom. The molecule has 126 valence electrons. The third kappa shape index (κ3) is 10.5. The van der Waals surface area contributed by atoms with Crippen LogP contribution in [-0.2, 0) is 9.53 Å². The molecule has 0 amide bonds. The molecule has 1 rings (SSSR count). The Kier molecular flexibility index (Phi) is 10.5. The highest BCUT2D eigenvalue weighted by Crippen LogP contribution is 2.07. The zero-order chi connectivity index (χ0) is 16.8. The molecule has 0 spiro atoms. The minimum Gasteiger partial charge on any atom is -0.463 e. The lowest BCUT2D eigenvalue weighted by Gasteiger charge is -2.09. The van der Waals surface area contributed by atoms with Gasteiger partial charge in [-0.15, -0.1) is 0 Å². The number of esters is 1. The summed E-state index contributed by atoms with van der Waals surface area (Å²) in [5.74, 6) is -0.270. The van der Waals surface area contributed by atoms with E-state index in [0.717, 1.165) is 32.1 Å². The van der Waals surface area contributed by atoms with Crippen molar-refractivity contribution in [3.63, 3.8) is 0 Å². The summed E-state index contributed by atoms with van der Waals surface area (Å²) < 4.78 is 5.12.